The van der Waals surface area contributed by atoms with E-state index < -0.39 is 0 Å². The van der Waals surface area contributed by atoms with Gasteiger partial charge in [0.1, 0.15) is 0 Å². The Morgan fingerprint density at radius 1 is 1.36 bits per heavy atom. The first kappa shape index (κ1) is 14.9. The average Bonchev–Trinajstić information content (AvgIpc) is 3.26. The van der Waals surface area contributed by atoms with Gasteiger partial charge in [0.25, 0.3) is 0 Å². The summed E-state index contributed by atoms with van der Waals surface area (Å²) < 4.78 is 0. The molecule has 118 valence electrons. The van der Waals surface area contributed by atoms with Crippen molar-refractivity contribution in [3.8, 4) is 0 Å². The van der Waals surface area contributed by atoms with E-state index in [1.165, 1.54) is 5.56 Å². The van der Waals surface area contributed by atoms with Gasteiger partial charge < -0.3 is 15.5 Å². The molecule has 3 amide bonds. The Hall–Kier alpha value is -2.04. The molecule has 1 heterocycles. The molecule has 1 saturated carbocycles. The van der Waals surface area contributed by atoms with E-state index in [0.717, 1.165) is 43.6 Å². The van der Waals surface area contributed by atoms with Crippen molar-refractivity contribution in [2.24, 2.45) is 5.92 Å². The van der Waals surface area contributed by atoms with Gasteiger partial charge in [0.05, 0.1) is 0 Å². The molecule has 5 nitrogen and oxygen atoms in total. The summed E-state index contributed by atoms with van der Waals surface area (Å²) in [6, 6.07) is 5.77. The van der Waals surface area contributed by atoms with E-state index in [0.29, 0.717) is 0 Å². The summed E-state index contributed by atoms with van der Waals surface area (Å²) in [7, 11) is 0. The van der Waals surface area contributed by atoms with Crippen LogP contribution >= 0.6 is 0 Å². The fraction of sp³-hybridized carbons (Fsp3) is 0.529. The summed E-state index contributed by atoms with van der Waals surface area (Å²) in [4.78, 5) is 26.1. The molecule has 22 heavy (non-hydrogen) atoms. The molecule has 2 aliphatic rings. The Labute approximate surface area is 131 Å². The van der Waals surface area contributed by atoms with Crippen LogP contribution in [0.4, 0.5) is 16.2 Å². The number of nitrogens with zero attached hydrogens (tertiary/aromatic N) is 1. The van der Waals surface area contributed by atoms with E-state index in [1.807, 2.05) is 36.9 Å². The van der Waals surface area contributed by atoms with Crippen molar-refractivity contribution in [3.05, 3.63) is 23.8 Å². The molecule has 1 aromatic carbocycles. The van der Waals surface area contributed by atoms with Gasteiger partial charge in [-0.3, -0.25) is 4.79 Å². The Kier molecular flexibility index (Phi) is 4.05. The molecule has 0 aromatic heterocycles. The molecule has 1 fully saturated rings. The summed E-state index contributed by atoms with van der Waals surface area (Å²) in [6.07, 6.45) is 3.81. The molecule has 3 rings (SSSR count). The predicted molar refractivity (Wildman–Crippen MR) is 87.1 cm³/mol. The predicted octanol–water partition coefficient (Wildman–Crippen LogP) is 2.91. The second-order valence-corrected chi connectivity index (χ2v) is 6.27. The number of hydrogen-bond acceptors (Lipinski definition) is 2. The lowest BCUT2D eigenvalue weighted by atomic mass is 10.1. The fourth-order valence-corrected chi connectivity index (χ4v) is 2.73. The van der Waals surface area contributed by atoms with Crippen LogP contribution in [0, 0.1) is 5.92 Å². The smallest absolute Gasteiger partial charge is 0.319 e. The summed E-state index contributed by atoms with van der Waals surface area (Å²) in [5.74, 6) is 0.455. The third-order valence-corrected chi connectivity index (χ3v) is 4.42. The number of fused-ring (bicyclic) bond motifs is 1. The molecular formula is C17H23N3O2. The van der Waals surface area contributed by atoms with E-state index in [1.54, 1.807) is 0 Å². The highest BCUT2D eigenvalue weighted by molar-refractivity contribution is 5.99. The van der Waals surface area contributed by atoms with Gasteiger partial charge in [-0.2, -0.15) is 0 Å². The van der Waals surface area contributed by atoms with Gasteiger partial charge in [-0.25, -0.2) is 4.79 Å². The minimum Gasteiger partial charge on any atom is -0.335 e. The standard InChI is InChI=1S/C17H23N3O2/c1-3-11(2)18-17(22)19-14-7-6-12-8-9-20(15(12)10-14)16(21)13-4-5-13/h6-7,10-11,13H,3-5,8-9H2,1-2H3,(H2,18,19,22). The van der Waals surface area contributed by atoms with Crippen molar-refractivity contribution in [1.82, 2.24) is 5.32 Å². The summed E-state index contributed by atoms with van der Waals surface area (Å²) >= 11 is 0. The Balaban J connectivity index is 1.71. The minimum absolute atomic E-state index is 0.141. The third-order valence-electron chi connectivity index (χ3n) is 4.42. The second-order valence-electron chi connectivity index (χ2n) is 6.27. The topological polar surface area (TPSA) is 61.4 Å². The highest BCUT2D eigenvalue weighted by Crippen LogP contribution is 2.37. The van der Waals surface area contributed by atoms with E-state index in [9.17, 15) is 9.59 Å². The Bertz CT molecular complexity index is 596. The zero-order valence-electron chi connectivity index (χ0n) is 13.2. The normalized spacial score (nSPS) is 17.8. The van der Waals surface area contributed by atoms with Crippen molar-refractivity contribution >= 4 is 23.3 Å². The van der Waals surface area contributed by atoms with Gasteiger partial charge in [0.15, 0.2) is 0 Å². The zero-order chi connectivity index (χ0) is 15.7. The van der Waals surface area contributed by atoms with Crippen LogP contribution in [0.25, 0.3) is 0 Å². The second kappa shape index (κ2) is 5.99. The van der Waals surface area contributed by atoms with Gasteiger partial charge in [-0.1, -0.05) is 13.0 Å². The highest BCUT2D eigenvalue weighted by atomic mass is 16.2. The van der Waals surface area contributed by atoms with Gasteiger partial charge in [-0.05, 0) is 50.3 Å². The Morgan fingerprint density at radius 2 is 2.14 bits per heavy atom. The summed E-state index contributed by atoms with van der Waals surface area (Å²) in [5, 5.41) is 5.73. The fourth-order valence-electron chi connectivity index (χ4n) is 2.73. The molecule has 1 aliphatic heterocycles. The molecule has 0 radical (unpaired) electrons. The molecule has 0 saturated heterocycles. The maximum atomic E-state index is 12.3. The van der Waals surface area contributed by atoms with E-state index in [4.69, 9.17) is 0 Å². The SMILES string of the molecule is CCC(C)NC(=O)Nc1ccc2c(c1)N(C(=O)C1CC1)CC2. The maximum Gasteiger partial charge on any atom is 0.319 e. The molecule has 0 bridgehead atoms. The van der Waals surface area contributed by atoms with Crippen LogP contribution in [0.5, 0.6) is 0 Å². The number of carbonyl (C=O) groups is 2. The number of benzene rings is 1. The van der Waals surface area contributed by atoms with Gasteiger partial charge >= 0.3 is 6.03 Å². The third kappa shape index (κ3) is 3.08. The lowest BCUT2D eigenvalue weighted by Gasteiger charge is -2.18. The molecule has 1 atom stereocenters. The highest BCUT2D eigenvalue weighted by Gasteiger charge is 2.36. The molecule has 5 heteroatoms. The number of nitrogens with one attached hydrogen (secondary N) is 2. The lowest BCUT2D eigenvalue weighted by molar-refractivity contribution is -0.119. The first-order chi connectivity index (χ1) is 10.6. The number of anilines is 2. The quantitative estimate of drug-likeness (QED) is 0.898. The van der Waals surface area contributed by atoms with Crippen LogP contribution < -0.4 is 15.5 Å². The van der Waals surface area contributed by atoms with Crippen LogP contribution in [0.3, 0.4) is 0 Å². The molecule has 1 unspecified atom stereocenters. The first-order valence-corrected chi connectivity index (χ1v) is 8.10. The number of rotatable bonds is 4. The largest absolute Gasteiger partial charge is 0.335 e. The molecule has 1 aromatic rings. The summed E-state index contributed by atoms with van der Waals surface area (Å²) in [5.41, 5.74) is 2.87. The van der Waals surface area contributed by atoms with Crippen molar-refractivity contribution in [2.45, 2.75) is 45.6 Å². The minimum atomic E-state index is -0.202. The summed E-state index contributed by atoms with van der Waals surface area (Å²) in [6.45, 7) is 4.76. The number of urea groups is 1. The van der Waals surface area contributed by atoms with Gasteiger partial charge in [0, 0.05) is 29.9 Å². The lowest BCUT2D eigenvalue weighted by Crippen LogP contribution is -2.35. The number of hydrogen-bond donors (Lipinski definition) is 2. The van der Waals surface area contributed by atoms with Crippen LogP contribution in [0.2, 0.25) is 0 Å². The molecule has 1 aliphatic carbocycles. The maximum absolute atomic E-state index is 12.3. The van der Waals surface area contributed by atoms with E-state index >= 15 is 0 Å². The van der Waals surface area contributed by atoms with Gasteiger partial charge in [-0.15, -0.1) is 0 Å². The Morgan fingerprint density at radius 3 is 2.82 bits per heavy atom. The molecule has 2 N–H and O–H groups in total. The van der Waals surface area contributed by atoms with E-state index in [2.05, 4.69) is 10.6 Å². The molecule has 0 spiro atoms. The van der Waals surface area contributed by atoms with Crippen molar-refractivity contribution < 1.29 is 9.59 Å². The van der Waals surface area contributed by atoms with Crippen LogP contribution in [-0.4, -0.2) is 24.5 Å². The van der Waals surface area contributed by atoms with E-state index in [-0.39, 0.29) is 23.9 Å². The zero-order valence-corrected chi connectivity index (χ0v) is 13.2. The van der Waals surface area contributed by atoms with Crippen molar-refractivity contribution in [2.75, 3.05) is 16.8 Å². The first-order valence-electron chi connectivity index (χ1n) is 8.10. The monoisotopic (exact) mass is 301 g/mol. The number of carbonyl (C=O) groups excluding carboxylic acids is 2. The van der Waals surface area contributed by atoms with Gasteiger partial charge in [0.2, 0.25) is 5.91 Å². The number of amides is 3. The average molecular weight is 301 g/mol. The van der Waals surface area contributed by atoms with Crippen molar-refractivity contribution in [1.29, 1.82) is 0 Å². The van der Waals surface area contributed by atoms with Crippen LogP contribution in [-0.2, 0) is 11.2 Å². The van der Waals surface area contributed by atoms with Crippen LogP contribution in [0.1, 0.15) is 38.7 Å². The molecular weight excluding hydrogens is 278 g/mol. The van der Waals surface area contributed by atoms with Crippen molar-refractivity contribution in [3.63, 3.8) is 0 Å². The van der Waals surface area contributed by atoms with Crippen LogP contribution in [0.15, 0.2) is 18.2 Å².